The fourth-order valence-corrected chi connectivity index (χ4v) is 4.07. The fourth-order valence-electron chi connectivity index (χ4n) is 4.07. The highest BCUT2D eigenvalue weighted by Gasteiger charge is 2.39. The minimum Gasteiger partial charge on any atom is -0.393 e. The van der Waals surface area contributed by atoms with Crippen molar-refractivity contribution in [2.24, 2.45) is 11.8 Å². The maximum absolute atomic E-state index is 11.4. The molecule has 4 heteroatoms. The van der Waals surface area contributed by atoms with Crippen LogP contribution in [-0.4, -0.2) is 34.9 Å². The van der Waals surface area contributed by atoms with Crippen LogP contribution in [-0.2, 0) is 11.2 Å². The third-order valence-electron chi connectivity index (χ3n) is 5.68. The van der Waals surface area contributed by atoms with Gasteiger partial charge in [-0.1, -0.05) is 54.6 Å². The molecule has 1 aliphatic rings. The molecule has 1 aliphatic carbocycles. The lowest BCUT2D eigenvalue weighted by Gasteiger charge is -2.19. The Kier molecular flexibility index (Phi) is 10.7. The molecule has 3 N–H and O–H groups in total. The van der Waals surface area contributed by atoms with Crippen LogP contribution < -0.4 is 5.32 Å². The lowest BCUT2D eigenvalue weighted by molar-refractivity contribution is -0.121. The van der Waals surface area contributed by atoms with Gasteiger partial charge in [0.15, 0.2) is 0 Å². The summed E-state index contributed by atoms with van der Waals surface area (Å²) < 4.78 is 0. The number of carbonyl (C=O) groups excluding carboxylic acids is 1. The molecule has 0 saturated heterocycles. The summed E-state index contributed by atoms with van der Waals surface area (Å²) in [5.41, 5.74) is 1.35. The van der Waals surface area contributed by atoms with Crippen LogP contribution in [0.15, 0.2) is 54.6 Å². The van der Waals surface area contributed by atoms with Crippen LogP contribution in [0.5, 0.6) is 0 Å². The number of carbonyl (C=O) groups is 1. The highest BCUT2D eigenvalue weighted by atomic mass is 16.3. The van der Waals surface area contributed by atoms with Crippen molar-refractivity contribution in [3.05, 3.63) is 60.2 Å². The molecule has 1 fully saturated rings. The first-order valence-corrected chi connectivity index (χ1v) is 11.1. The summed E-state index contributed by atoms with van der Waals surface area (Å²) in [6.07, 6.45) is 14.1. The first-order valence-electron chi connectivity index (χ1n) is 11.1. The van der Waals surface area contributed by atoms with E-state index in [1.54, 1.807) is 0 Å². The molecule has 0 heterocycles. The number of unbranched alkanes of at least 4 members (excludes halogenated alkanes) is 2. The number of benzene rings is 1. The average Bonchev–Trinajstić information content (AvgIpc) is 2.98. The third kappa shape index (κ3) is 8.55. The molecule has 0 aliphatic heterocycles. The Balaban J connectivity index is 1.71. The number of allylic oxidation sites excluding steroid dienone is 3. The van der Waals surface area contributed by atoms with Crippen LogP contribution in [0.4, 0.5) is 0 Å². The maximum atomic E-state index is 11.4. The minimum atomic E-state index is -0.466. The largest absolute Gasteiger partial charge is 0.393 e. The predicted molar refractivity (Wildman–Crippen MR) is 118 cm³/mol. The Morgan fingerprint density at radius 3 is 2.59 bits per heavy atom. The molecule has 1 aromatic carbocycles. The Hall–Kier alpha value is -1.91. The molecule has 4 nitrogen and oxygen atoms in total. The van der Waals surface area contributed by atoms with Gasteiger partial charge in [0, 0.05) is 25.3 Å². The van der Waals surface area contributed by atoms with Crippen molar-refractivity contribution in [3.8, 4) is 0 Å². The molecule has 29 heavy (non-hydrogen) atoms. The van der Waals surface area contributed by atoms with E-state index in [0.717, 1.165) is 38.5 Å². The maximum Gasteiger partial charge on any atom is 0.219 e. The summed E-state index contributed by atoms with van der Waals surface area (Å²) in [6, 6.07) is 10.5. The zero-order valence-electron chi connectivity index (χ0n) is 17.7. The quantitative estimate of drug-likeness (QED) is 0.365. The van der Waals surface area contributed by atoms with Crippen molar-refractivity contribution in [2.45, 2.75) is 70.5 Å². The molecule has 0 unspecified atom stereocenters. The smallest absolute Gasteiger partial charge is 0.219 e. The first kappa shape index (κ1) is 23.4. The topological polar surface area (TPSA) is 69.6 Å². The Morgan fingerprint density at radius 2 is 1.83 bits per heavy atom. The summed E-state index contributed by atoms with van der Waals surface area (Å²) in [5, 5.41) is 23.5. The number of nitrogens with one attached hydrogen (secondary N) is 1. The second-order valence-electron chi connectivity index (χ2n) is 7.97. The van der Waals surface area contributed by atoms with Crippen LogP contribution in [0.25, 0.3) is 0 Å². The highest BCUT2D eigenvalue weighted by molar-refractivity contribution is 5.75. The lowest BCUT2D eigenvalue weighted by atomic mass is 9.89. The third-order valence-corrected chi connectivity index (χ3v) is 5.68. The lowest BCUT2D eigenvalue weighted by Crippen LogP contribution is -2.21. The van der Waals surface area contributed by atoms with Crippen LogP contribution in [0, 0.1) is 11.8 Å². The number of aryl methyl sites for hydroxylation is 1. The molecule has 0 bridgehead atoms. The van der Waals surface area contributed by atoms with Gasteiger partial charge in [0.2, 0.25) is 5.91 Å². The normalized spacial score (nSPS) is 24.5. The number of hydrogen-bond donors (Lipinski definition) is 3. The van der Waals surface area contributed by atoms with Crippen molar-refractivity contribution in [1.29, 1.82) is 0 Å². The molecule has 2 rings (SSSR count). The number of aliphatic hydroxyl groups is 2. The van der Waals surface area contributed by atoms with Gasteiger partial charge in [-0.15, -0.1) is 0 Å². The molecule has 160 valence electrons. The van der Waals surface area contributed by atoms with E-state index in [1.807, 2.05) is 13.0 Å². The molecule has 0 aromatic heterocycles. The second-order valence-corrected chi connectivity index (χ2v) is 7.97. The van der Waals surface area contributed by atoms with Gasteiger partial charge in [-0.25, -0.2) is 0 Å². The van der Waals surface area contributed by atoms with E-state index >= 15 is 0 Å². The molecule has 0 radical (unpaired) electrons. The predicted octanol–water partition coefficient (Wildman–Crippen LogP) is 4.18. The number of hydrogen-bond acceptors (Lipinski definition) is 3. The Morgan fingerprint density at radius 1 is 1.07 bits per heavy atom. The van der Waals surface area contributed by atoms with Gasteiger partial charge in [-0.3, -0.25) is 4.79 Å². The van der Waals surface area contributed by atoms with Gasteiger partial charge >= 0.3 is 0 Å². The molecular formula is C25H37NO3. The number of aliphatic hydroxyl groups excluding tert-OH is 2. The number of amides is 1. The first-order chi connectivity index (χ1) is 14.1. The fraction of sp³-hybridized carbons (Fsp3) is 0.560. The van der Waals surface area contributed by atoms with Crippen LogP contribution in [0.3, 0.4) is 0 Å². The average molecular weight is 400 g/mol. The zero-order chi connectivity index (χ0) is 20.9. The standard InChI is InChI=1S/C25H37NO3/c1-2-26-25(29)18-12-4-3-10-16-21-22(24(28)19-23(21)27)17-11-6-9-15-20-13-7-5-8-14-20/h3,5,7-8,10-11,13-14,17,21-24,27-28H,2,4,6,9,12,15-16,18-19H2,1H3,(H,26,29)/b10-3-,17-11+/t21-,22-,23+,24+/m1/s1. The van der Waals surface area contributed by atoms with Crippen LogP contribution >= 0.6 is 0 Å². The molecule has 1 saturated carbocycles. The Bertz CT molecular complexity index is 641. The van der Waals surface area contributed by atoms with E-state index in [9.17, 15) is 15.0 Å². The van der Waals surface area contributed by atoms with Crippen molar-refractivity contribution >= 4 is 5.91 Å². The van der Waals surface area contributed by atoms with E-state index in [0.29, 0.717) is 19.4 Å². The summed E-state index contributed by atoms with van der Waals surface area (Å²) >= 11 is 0. The summed E-state index contributed by atoms with van der Waals surface area (Å²) in [6.45, 7) is 2.60. The summed E-state index contributed by atoms with van der Waals surface area (Å²) in [4.78, 5) is 11.4. The van der Waals surface area contributed by atoms with E-state index in [2.05, 4.69) is 53.9 Å². The van der Waals surface area contributed by atoms with Gasteiger partial charge in [0.1, 0.15) is 0 Å². The van der Waals surface area contributed by atoms with E-state index in [-0.39, 0.29) is 17.7 Å². The van der Waals surface area contributed by atoms with E-state index in [1.165, 1.54) is 5.56 Å². The summed E-state index contributed by atoms with van der Waals surface area (Å²) in [7, 11) is 0. The van der Waals surface area contributed by atoms with Gasteiger partial charge in [0.05, 0.1) is 12.2 Å². The summed E-state index contributed by atoms with van der Waals surface area (Å²) in [5.74, 6) is 0.185. The monoisotopic (exact) mass is 399 g/mol. The zero-order valence-corrected chi connectivity index (χ0v) is 17.7. The van der Waals surface area contributed by atoms with Gasteiger partial charge in [-0.2, -0.15) is 0 Å². The molecule has 0 spiro atoms. The van der Waals surface area contributed by atoms with Crippen molar-refractivity contribution < 1.29 is 15.0 Å². The van der Waals surface area contributed by atoms with Gasteiger partial charge < -0.3 is 15.5 Å². The minimum absolute atomic E-state index is 0.0155. The van der Waals surface area contributed by atoms with Gasteiger partial charge in [-0.05, 0) is 56.9 Å². The van der Waals surface area contributed by atoms with Crippen molar-refractivity contribution in [2.75, 3.05) is 6.54 Å². The van der Waals surface area contributed by atoms with Crippen molar-refractivity contribution in [3.63, 3.8) is 0 Å². The van der Waals surface area contributed by atoms with E-state index in [4.69, 9.17) is 0 Å². The van der Waals surface area contributed by atoms with E-state index < -0.39 is 12.2 Å². The Labute approximate surface area is 175 Å². The highest BCUT2D eigenvalue weighted by Crippen LogP contribution is 2.36. The van der Waals surface area contributed by atoms with Gasteiger partial charge in [0.25, 0.3) is 0 Å². The SMILES string of the molecule is CCNC(=O)CCC/C=C\C[C@@H]1[C@@H](/C=C/CCCc2ccccc2)[C@@H](O)C[C@@H]1O. The van der Waals surface area contributed by atoms with Crippen molar-refractivity contribution in [1.82, 2.24) is 5.32 Å². The van der Waals surface area contributed by atoms with Crippen LogP contribution in [0.2, 0.25) is 0 Å². The molecule has 4 atom stereocenters. The molecule has 1 aromatic rings. The molecular weight excluding hydrogens is 362 g/mol. The molecule has 1 amide bonds. The number of rotatable bonds is 12. The van der Waals surface area contributed by atoms with Crippen LogP contribution in [0.1, 0.15) is 57.4 Å². The second kappa shape index (κ2) is 13.3.